The van der Waals surface area contributed by atoms with Gasteiger partial charge in [0.15, 0.2) is 11.7 Å². The number of amides is 1. The van der Waals surface area contributed by atoms with Gasteiger partial charge in [-0.1, -0.05) is 74.5 Å². The van der Waals surface area contributed by atoms with E-state index in [1.54, 1.807) is 6.20 Å². The van der Waals surface area contributed by atoms with Gasteiger partial charge in [0.05, 0.1) is 12.2 Å². The lowest BCUT2D eigenvalue weighted by atomic mass is 10.0. The van der Waals surface area contributed by atoms with E-state index in [2.05, 4.69) is 41.2 Å². The lowest BCUT2D eigenvalue weighted by Gasteiger charge is -2.30. The topological polar surface area (TPSA) is 58.4 Å². The standard InChI is InChI=1S/C25H31N3O2/c1-3-28(4-2)22(20-12-7-5-8-13-20)18-26-24(29)16-11-17-25-27-19-23(30-25)21-14-9-6-10-15-21/h5-10,12-15,19,22H,3-4,11,16-18H2,1-2H3,(H,26,29). The average molecular weight is 406 g/mol. The molecule has 1 aromatic heterocycles. The molecular weight excluding hydrogens is 374 g/mol. The number of likely N-dealkylation sites (N-methyl/N-ethyl adjacent to an activating group) is 1. The molecule has 0 spiro atoms. The van der Waals surface area contributed by atoms with E-state index in [0.29, 0.717) is 31.7 Å². The lowest BCUT2D eigenvalue weighted by Crippen LogP contribution is -2.38. The highest BCUT2D eigenvalue weighted by Gasteiger charge is 2.18. The van der Waals surface area contributed by atoms with Crippen molar-refractivity contribution in [3.8, 4) is 11.3 Å². The van der Waals surface area contributed by atoms with Gasteiger partial charge in [-0.15, -0.1) is 0 Å². The first-order valence-electron chi connectivity index (χ1n) is 10.8. The molecular formula is C25H31N3O2. The second kappa shape index (κ2) is 11.3. The highest BCUT2D eigenvalue weighted by atomic mass is 16.4. The highest BCUT2D eigenvalue weighted by molar-refractivity contribution is 5.75. The van der Waals surface area contributed by atoms with Crippen molar-refractivity contribution in [2.24, 2.45) is 0 Å². The smallest absolute Gasteiger partial charge is 0.220 e. The molecule has 0 radical (unpaired) electrons. The highest BCUT2D eigenvalue weighted by Crippen LogP contribution is 2.21. The Labute approximate surface area is 179 Å². The normalized spacial score (nSPS) is 12.1. The number of nitrogens with one attached hydrogen (secondary N) is 1. The summed E-state index contributed by atoms with van der Waals surface area (Å²) in [6.07, 6.45) is 3.57. The molecule has 0 saturated heterocycles. The molecule has 158 valence electrons. The van der Waals surface area contributed by atoms with Crippen molar-refractivity contribution in [2.45, 2.75) is 39.2 Å². The SMILES string of the molecule is CCN(CC)C(CNC(=O)CCCc1ncc(-c2ccccc2)o1)c1ccccc1. The van der Waals surface area contributed by atoms with E-state index in [1.807, 2.05) is 48.5 Å². The average Bonchev–Trinajstić information content (AvgIpc) is 3.27. The van der Waals surface area contributed by atoms with Crippen LogP contribution in [0.25, 0.3) is 11.3 Å². The minimum atomic E-state index is 0.0675. The molecule has 1 N–H and O–H groups in total. The van der Waals surface area contributed by atoms with Gasteiger partial charge in [-0.2, -0.15) is 0 Å². The first-order valence-corrected chi connectivity index (χ1v) is 10.8. The summed E-state index contributed by atoms with van der Waals surface area (Å²) < 4.78 is 5.82. The quantitative estimate of drug-likeness (QED) is 0.495. The molecule has 3 rings (SSSR count). The Bertz CT molecular complexity index is 889. The van der Waals surface area contributed by atoms with Crippen LogP contribution in [0.4, 0.5) is 0 Å². The fourth-order valence-electron chi connectivity index (χ4n) is 3.66. The molecule has 0 saturated carbocycles. The van der Waals surface area contributed by atoms with Crippen LogP contribution in [0.15, 0.2) is 71.3 Å². The van der Waals surface area contributed by atoms with Crippen LogP contribution < -0.4 is 5.32 Å². The van der Waals surface area contributed by atoms with Crippen molar-refractivity contribution < 1.29 is 9.21 Å². The molecule has 1 amide bonds. The second-order valence-corrected chi connectivity index (χ2v) is 7.29. The molecule has 1 atom stereocenters. The zero-order valence-electron chi connectivity index (χ0n) is 17.9. The Hall–Kier alpha value is -2.92. The molecule has 3 aromatic rings. The largest absolute Gasteiger partial charge is 0.441 e. The van der Waals surface area contributed by atoms with Crippen molar-refractivity contribution in [3.05, 3.63) is 78.3 Å². The van der Waals surface area contributed by atoms with Gasteiger partial charge in [0.2, 0.25) is 5.91 Å². The van der Waals surface area contributed by atoms with Gasteiger partial charge in [0, 0.05) is 24.9 Å². The Balaban J connectivity index is 1.47. The number of aryl methyl sites for hydroxylation is 1. The summed E-state index contributed by atoms with van der Waals surface area (Å²) >= 11 is 0. The predicted molar refractivity (Wildman–Crippen MR) is 120 cm³/mol. The number of aromatic nitrogens is 1. The molecule has 30 heavy (non-hydrogen) atoms. The number of hydrogen-bond donors (Lipinski definition) is 1. The van der Waals surface area contributed by atoms with Crippen LogP contribution in [-0.4, -0.2) is 35.4 Å². The third-order valence-electron chi connectivity index (χ3n) is 5.34. The maximum atomic E-state index is 12.4. The van der Waals surface area contributed by atoms with Gasteiger partial charge < -0.3 is 9.73 Å². The van der Waals surface area contributed by atoms with Crippen molar-refractivity contribution >= 4 is 5.91 Å². The van der Waals surface area contributed by atoms with Crippen LogP contribution in [0.1, 0.15) is 44.2 Å². The van der Waals surface area contributed by atoms with Crippen molar-refractivity contribution in [2.75, 3.05) is 19.6 Å². The predicted octanol–water partition coefficient (Wildman–Crippen LogP) is 4.86. The fourth-order valence-corrected chi connectivity index (χ4v) is 3.66. The number of rotatable bonds is 11. The van der Waals surface area contributed by atoms with Crippen molar-refractivity contribution in [3.63, 3.8) is 0 Å². The van der Waals surface area contributed by atoms with Gasteiger partial charge in [-0.3, -0.25) is 9.69 Å². The zero-order chi connectivity index (χ0) is 21.2. The molecule has 1 unspecified atom stereocenters. The zero-order valence-corrected chi connectivity index (χ0v) is 17.9. The van der Waals surface area contributed by atoms with Gasteiger partial charge in [-0.25, -0.2) is 4.98 Å². The van der Waals surface area contributed by atoms with Crippen LogP contribution >= 0.6 is 0 Å². The summed E-state index contributed by atoms with van der Waals surface area (Å²) in [5, 5.41) is 3.12. The summed E-state index contributed by atoms with van der Waals surface area (Å²) in [4.78, 5) is 19.1. The van der Waals surface area contributed by atoms with E-state index in [0.717, 1.165) is 24.4 Å². The molecule has 5 nitrogen and oxygen atoms in total. The first kappa shape index (κ1) is 21.8. The maximum Gasteiger partial charge on any atom is 0.220 e. The molecule has 0 aliphatic heterocycles. The van der Waals surface area contributed by atoms with Gasteiger partial charge in [-0.05, 0) is 25.1 Å². The summed E-state index contributed by atoms with van der Waals surface area (Å²) in [5.74, 6) is 1.50. The van der Waals surface area contributed by atoms with E-state index in [4.69, 9.17) is 4.42 Å². The monoisotopic (exact) mass is 405 g/mol. The third-order valence-corrected chi connectivity index (χ3v) is 5.34. The van der Waals surface area contributed by atoms with Gasteiger partial charge in [0.1, 0.15) is 0 Å². The lowest BCUT2D eigenvalue weighted by molar-refractivity contribution is -0.121. The molecule has 0 bridgehead atoms. The number of oxazole rings is 1. The first-order chi connectivity index (χ1) is 14.7. The molecule has 5 heteroatoms. The number of carbonyl (C=O) groups excluding carboxylic acids is 1. The number of carbonyl (C=O) groups is 1. The number of nitrogens with zero attached hydrogens (tertiary/aromatic N) is 2. The van der Waals surface area contributed by atoms with Crippen LogP contribution in [-0.2, 0) is 11.2 Å². The summed E-state index contributed by atoms with van der Waals surface area (Å²) in [6.45, 7) is 6.81. The van der Waals surface area contributed by atoms with E-state index in [1.165, 1.54) is 5.56 Å². The minimum absolute atomic E-state index is 0.0675. The molecule has 0 aliphatic rings. The number of hydrogen-bond acceptors (Lipinski definition) is 4. The minimum Gasteiger partial charge on any atom is -0.441 e. The van der Waals surface area contributed by atoms with E-state index in [9.17, 15) is 4.79 Å². The summed E-state index contributed by atoms with van der Waals surface area (Å²) in [6, 6.07) is 20.5. The molecule has 0 aliphatic carbocycles. The fraction of sp³-hybridized carbons (Fsp3) is 0.360. The third kappa shape index (κ3) is 6.04. The van der Waals surface area contributed by atoms with E-state index >= 15 is 0 Å². The molecule has 1 heterocycles. The van der Waals surface area contributed by atoms with Crippen LogP contribution in [0.3, 0.4) is 0 Å². The van der Waals surface area contributed by atoms with Gasteiger partial charge >= 0.3 is 0 Å². The van der Waals surface area contributed by atoms with E-state index < -0.39 is 0 Å². The number of benzene rings is 2. The van der Waals surface area contributed by atoms with E-state index in [-0.39, 0.29) is 11.9 Å². The Morgan fingerprint density at radius 1 is 1.03 bits per heavy atom. The Kier molecular flexibility index (Phi) is 8.21. The van der Waals surface area contributed by atoms with Crippen LogP contribution in [0, 0.1) is 0 Å². The summed E-state index contributed by atoms with van der Waals surface area (Å²) in [7, 11) is 0. The van der Waals surface area contributed by atoms with Crippen molar-refractivity contribution in [1.29, 1.82) is 0 Å². The van der Waals surface area contributed by atoms with Crippen molar-refractivity contribution in [1.82, 2.24) is 15.2 Å². The maximum absolute atomic E-state index is 12.4. The van der Waals surface area contributed by atoms with Crippen LogP contribution in [0.2, 0.25) is 0 Å². The summed E-state index contributed by atoms with van der Waals surface area (Å²) in [5.41, 5.74) is 2.24. The second-order valence-electron chi connectivity index (χ2n) is 7.29. The molecule has 2 aromatic carbocycles. The Morgan fingerprint density at radius 2 is 1.70 bits per heavy atom. The van der Waals surface area contributed by atoms with Crippen LogP contribution in [0.5, 0.6) is 0 Å². The van der Waals surface area contributed by atoms with Gasteiger partial charge in [0.25, 0.3) is 0 Å². The Morgan fingerprint density at radius 3 is 2.37 bits per heavy atom. The molecule has 0 fully saturated rings.